The van der Waals surface area contributed by atoms with E-state index in [0.29, 0.717) is 23.9 Å². The van der Waals surface area contributed by atoms with Gasteiger partial charge in [0.25, 0.3) is 0 Å². The molecule has 0 saturated heterocycles. The topological polar surface area (TPSA) is 125 Å². The van der Waals surface area contributed by atoms with Crippen LogP contribution in [0.3, 0.4) is 0 Å². The van der Waals surface area contributed by atoms with Gasteiger partial charge >= 0.3 is 0 Å². The Labute approximate surface area is 202 Å². The SMILES string of the molecule is BC(B)(B)NS(=O)(=O)c1ccc(Nc2ncc3c(n2)N([C@@H]2CCC[C@@H](O)C2)C(=O)C32CC2)cc1. The van der Waals surface area contributed by atoms with E-state index in [4.69, 9.17) is 4.98 Å². The summed E-state index contributed by atoms with van der Waals surface area (Å²) in [5, 5.41) is 12.7. The summed E-state index contributed by atoms with van der Waals surface area (Å²) in [5.74, 6) is 1.05. The zero-order valence-corrected chi connectivity index (χ0v) is 20.5. The van der Waals surface area contributed by atoms with Crippen molar-refractivity contribution in [2.75, 3.05) is 10.2 Å². The molecule has 3 aliphatic rings. The Morgan fingerprint density at radius 3 is 2.47 bits per heavy atom. The summed E-state index contributed by atoms with van der Waals surface area (Å²) in [6.07, 6.45) is 6.01. The molecular formula is C21H28B3N5O4S. The lowest BCUT2D eigenvalue weighted by molar-refractivity contribution is -0.121. The maximum Gasteiger partial charge on any atom is 0.239 e. The van der Waals surface area contributed by atoms with Crippen LogP contribution in [0.1, 0.15) is 44.1 Å². The number of anilines is 3. The highest BCUT2D eigenvalue weighted by Gasteiger charge is 2.61. The Bertz CT molecular complexity index is 1230. The number of hydrogen-bond donors (Lipinski definition) is 3. The van der Waals surface area contributed by atoms with E-state index in [1.54, 1.807) is 46.8 Å². The minimum absolute atomic E-state index is 0.0578. The van der Waals surface area contributed by atoms with Crippen LogP contribution in [-0.4, -0.2) is 70.3 Å². The van der Waals surface area contributed by atoms with Gasteiger partial charge in [-0.25, -0.2) is 18.1 Å². The highest BCUT2D eigenvalue weighted by atomic mass is 32.2. The summed E-state index contributed by atoms with van der Waals surface area (Å²) >= 11 is 0. The van der Waals surface area contributed by atoms with Gasteiger partial charge in [-0.05, 0) is 62.8 Å². The Balaban J connectivity index is 1.39. The number of hydrogen-bond acceptors (Lipinski definition) is 7. The maximum absolute atomic E-state index is 13.3. The summed E-state index contributed by atoms with van der Waals surface area (Å²) in [6, 6.07) is 6.33. The van der Waals surface area contributed by atoms with Crippen LogP contribution in [0.25, 0.3) is 0 Å². The second-order valence-electron chi connectivity index (χ2n) is 10.7. The third-order valence-corrected chi connectivity index (χ3v) is 8.51. The number of aliphatic hydroxyl groups is 1. The molecule has 1 aliphatic heterocycles. The molecule has 2 aromatic rings. The lowest BCUT2D eigenvalue weighted by Gasteiger charge is -2.33. The standard InChI is InChI=1S/C21H28B3N5O4S/c22-21(23,24)28-34(32,33)15-6-4-12(5-7-15)26-19-25-11-16-17(27-19)29(18(31)20(16)8-9-20)13-2-1-3-14(30)10-13/h4-7,11,13-14,28,30H,1-3,8-10,22-24H2,(H,25,26,27)/t13-,14-/m1/s1. The molecule has 2 atom stereocenters. The molecule has 1 amide bonds. The van der Waals surface area contributed by atoms with Crippen molar-refractivity contribution in [2.45, 2.75) is 66.2 Å². The molecule has 2 aliphatic carbocycles. The Hall–Kier alpha value is -2.37. The monoisotopic (exact) mass is 479 g/mol. The summed E-state index contributed by atoms with van der Waals surface area (Å²) < 4.78 is 27.7. The van der Waals surface area contributed by atoms with Crippen molar-refractivity contribution in [3.63, 3.8) is 0 Å². The van der Waals surface area contributed by atoms with Crippen LogP contribution in [0.4, 0.5) is 17.5 Å². The molecule has 1 aromatic heterocycles. The van der Waals surface area contributed by atoms with Crippen molar-refractivity contribution in [2.24, 2.45) is 0 Å². The predicted octanol–water partition coefficient (Wildman–Crippen LogP) is -1.31. The lowest BCUT2D eigenvalue weighted by Crippen LogP contribution is -2.49. The average Bonchev–Trinajstić information content (AvgIpc) is 3.50. The molecule has 1 spiro atoms. The number of rotatable bonds is 6. The molecule has 2 saturated carbocycles. The number of carbonyl (C=O) groups excluding carboxylic acids is 1. The fourth-order valence-corrected chi connectivity index (χ4v) is 6.44. The molecular weight excluding hydrogens is 451 g/mol. The first-order chi connectivity index (χ1) is 16.0. The second kappa shape index (κ2) is 8.10. The first-order valence-corrected chi connectivity index (χ1v) is 13.3. The molecule has 13 heteroatoms. The zero-order valence-electron chi connectivity index (χ0n) is 19.7. The fourth-order valence-electron chi connectivity index (χ4n) is 5.03. The van der Waals surface area contributed by atoms with E-state index >= 15 is 0 Å². The van der Waals surface area contributed by atoms with E-state index in [1.807, 2.05) is 0 Å². The van der Waals surface area contributed by atoms with Crippen LogP contribution in [0, 0.1) is 0 Å². The molecule has 0 radical (unpaired) electrons. The average molecular weight is 479 g/mol. The zero-order chi connectivity index (χ0) is 24.3. The molecule has 3 N–H and O–H groups in total. The second-order valence-corrected chi connectivity index (χ2v) is 12.3. The molecule has 34 heavy (non-hydrogen) atoms. The molecule has 2 fully saturated rings. The van der Waals surface area contributed by atoms with Crippen molar-refractivity contribution >= 4 is 56.9 Å². The minimum atomic E-state index is -3.63. The molecule has 1 aromatic carbocycles. The molecule has 2 heterocycles. The van der Waals surface area contributed by atoms with Crippen LogP contribution in [-0.2, 0) is 20.2 Å². The van der Waals surface area contributed by atoms with Gasteiger partial charge in [0.05, 0.1) is 16.4 Å². The predicted molar refractivity (Wildman–Crippen MR) is 137 cm³/mol. The van der Waals surface area contributed by atoms with Crippen LogP contribution in [0.2, 0.25) is 0 Å². The maximum atomic E-state index is 13.3. The van der Waals surface area contributed by atoms with Crippen LogP contribution < -0.4 is 14.9 Å². The number of nitrogens with one attached hydrogen (secondary N) is 2. The van der Waals surface area contributed by atoms with Gasteiger partial charge < -0.3 is 10.4 Å². The molecule has 0 unspecified atom stereocenters. The van der Waals surface area contributed by atoms with E-state index in [-0.39, 0.29) is 16.8 Å². The molecule has 9 nitrogen and oxygen atoms in total. The minimum Gasteiger partial charge on any atom is -0.393 e. The van der Waals surface area contributed by atoms with Crippen molar-refractivity contribution in [3.05, 3.63) is 36.0 Å². The van der Waals surface area contributed by atoms with Crippen LogP contribution in [0.5, 0.6) is 0 Å². The van der Waals surface area contributed by atoms with Gasteiger partial charge in [0.15, 0.2) is 0 Å². The van der Waals surface area contributed by atoms with Crippen LogP contribution in [0.15, 0.2) is 35.4 Å². The Morgan fingerprint density at radius 2 is 1.85 bits per heavy atom. The number of amides is 1. The normalized spacial score (nSPS) is 23.7. The number of aromatic nitrogens is 2. The third kappa shape index (κ3) is 4.25. The number of fused-ring (bicyclic) bond motifs is 2. The van der Waals surface area contributed by atoms with Gasteiger partial charge in [-0.3, -0.25) is 9.69 Å². The van der Waals surface area contributed by atoms with Crippen molar-refractivity contribution in [1.29, 1.82) is 0 Å². The molecule has 0 bridgehead atoms. The summed E-state index contributed by atoms with van der Waals surface area (Å²) in [5.41, 5.74) is 1.02. The number of sulfonamides is 1. The smallest absolute Gasteiger partial charge is 0.239 e. The number of aliphatic hydroxyl groups excluding tert-OH is 1. The van der Waals surface area contributed by atoms with Crippen molar-refractivity contribution < 1.29 is 18.3 Å². The van der Waals surface area contributed by atoms with E-state index in [0.717, 1.165) is 37.7 Å². The Morgan fingerprint density at radius 1 is 1.15 bits per heavy atom. The van der Waals surface area contributed by atoms with Gasteiger partial charge in [-0.2, -0.15) is 4.98 Å². The Kier molecular flexibility index (Phi) is 5.57. The number of benzene rings is 1. The van der Waals surface area contributed by atoms with Gasteiger partial charge in [-0.15, -0.1) is 0 Å². The van der Waals surface area contributed by atoms with E-state index in [2.05, 4.69) is 15.0 Å². The summed E-state index contributed by atoms with van der Waals surface area (Å²) in [7, 11) is 1.75. The molecule has 5 rings (SSSR count). The van der Waals surface area contributed by atoms with E-state index in [1.165, 1.54) is 12.1 Å². The van der Waals surface area contributed by atoms with E-state index < -0.39 is 26.8 Å². The summed E-state index contributed by atoms with van der Waals surface area (Å²) in [6.45, 7) is 0. The largest absolute Gasteiger partial charge is 0.393 e. The van der Waals surface area contributed by atoms with Gasteiger partial charge in [0.1, 0.15) is 29.4 Å². The first kappa shape index (κ1) is 23.4. The fraction of sp³-hybridized carbons (Fsp3) is 0.476. The third-order valence-electron chi connectivity index (χ3n) is 6.74. The van der Waals surface area contributed by atoms with Gasteiger partial charge in [0.2, 0.25) is 21.9 Å². The van der Waals surface area contributed by atoms with Crippen LogP contribution >= 0.6 is 0 Å². The molecule has 176 valence electrons. The number of nitrogens with zero attached hydrogens (tertiary/aromatic N) is 3. The quantitative estimate of drug-likeness (QED) is 0.440. The van der Waals surface area contributed by atoms with Crippen molar-refractivity contribution in [1.82, 2.24) is 14.7 Å². The highest BCUT2D eigenvalue weighted by molar-refractivity contribution is 7.89. The summed E-state index contributed by atoms with van der Waals surface area (Å²) in [4.78, 5) is 24.5. The van der Waals surface area contributed by atoms with Gasteiger partial charge in [0, 0.05) is 23.5 Å². The van der Waals surface area contributed by atoms with Gasteiger partial charge in [-0.1, -0.05) is 5.24 Å². The first-order valence-electron chi connectivity index (χ1n) is 11.8. The van der Waals surface area contributed by atoms with E-state index in [9.17, 15) is 18.3 Å². The van der Waals surface area contributed by atoms with Crippen molar-refractivity contribution in [3.8, 4) is 0 Å². The number of carbonyl (C=O) groups is 1. The highest BCUT2D eigenvalue weighted by Crippen LogP contribution is 2.57. The lowest BCUT2D eigenvalue weighted by atomic mass is 9.50.